The van der Waals surface area contributed by atoms with Gasteiger partial charge < -0.3 is 10.3 Å². The van der Waals surface area contributed by atoms with Gasteiger partial charge in [-0.25, -0.2) is 0 Å². The van der Waals surface area contributed by atoms with Crippen LogP contribution in [0, 0.1) is 13.8 Å². The summed E-state index contributed by atoms with van der Waals surface area (Å²) < 4.78 is 2.46. The molecule has 1 aliphatic rings. The first-order valence-electron chi connectivity index (χ1n) is 6.86. The largest absolute Gasteiger partial charge is 0.375 e. The molecule has 0 radical (unpaired) electrons. The molecule has 104 valence electrons. The van der Waals surface area contributed by atoms with Crippen LogP contribution in [0.3, 0.4) is 0 Å². The maximum Gasteiger partial charge on any atom is 0.184 e. The molecule has 1 aromatic heterocycles. The summed E-state index contributed by atoms with van der Waals surface area (Å²) in [6, 6.07) is 2.83. The van der Waals surface area contributed by atoms with Crippen LogP contribution in [-0.2, 0) is 0 Å². The average molecular weight is 278 g/mol. The van der Waals surface area contributed by atoms with E-state index in [1.807, 2.05) is 0 Å². The van der Waals surface area contributed by atoms with Gasteiger partial charge in [0.25, 0.3) is 0 Å². The van der Waals surface area contributed by atoms with E-state index in [1.165, 1.54) is 43.5 Å². The third kappa shape index (κ3) is 3.35. The number of hydrazone groups is 1. The normalized spacial score (nSPS) is 16.9. The molecule has 0 aromatic carbocycles. The van der Waals surface area contributed by atoms with Crippen LogP contribution in [0.25, 0.3) is 0 Å². The molecule has 1 saturated carbocycles. The lowest BCUT2D eigenvalue weighted by Crippen LogP contribution is -2.24. The minimum absolute atomic E-state index is 0.192. The van der Waals surface area contributed by atoms with Gasteiger partial charge in [0.15, 0.2) is 5.11 Å². The van der Waals surface area contributed by atoms with Crippen LogP contribution >= 0.6 is 12.2 Å². The van der Waals surface area contributed by atoms with E-state index in [4.69, 9.17) is 18.0 Å². The quantitative estimate of drug-likeness (QED) is 0.508. The van der Waals surface area contributed by atoms with Gasteiger partial charge in [-0.05, 0) is 45.0 Å². The Morgan fingerprint density at radius 1 is 1.42 bits per heavy atom. The number of hydrogen-bond acceptors (Lipinski definition) is 2. The van der Waals surface area contributed by atoms with E-state index in [-0.39, 0.29) is 5.11 Å². The fourth-order valence-electron chi connectivity index (χ4n) is 3.00. The molecule has 0 amide bonds. The van der Waals surface area contributed by atoms with Crippen LogP contribution in [-0.4, -0.2) is 15.9 Å². The highest BCUT2D eigenvalue weighted by Gasteiger charge is 2.19. The third-order valence-electron chi connectivity index (χ3n) is 3.84. The van der Waals surface area contributed by atoms with E-state index in [9.17, 15) is 0 Å². The number of nitrogens with two attached hydrogens (primary N) is 1. The van der Waals surface area contributed by atoms with Crippen molar-refractivity contribution in [1.82, 2.24) is 9.99 Å². The molecule has 0 saturated heterocycles. The van der Waals surface area contributed by atoms with Crippen molar-refractivity contribution in [3.8, 4) is 0 Å². The Bertz CT molecular complexity index is 484. The van der Waals surface area contributed by atoms with Crippen LogP contribution in [0.4, 0.5) is 0 Å². The lowest BCUT2D eigenvalue weighted by Gasteiger charge is -2.26. The fourth-order valence-corrected chi connectivity index (χ4v) is 3.05. The molecule has 0 unspecified atom stereocenters. The summed E-state index contributed by atoms with van der Waals surface area (Å²) in [5, 5.41) is 4.24. The summed E-state index contributed by atoms with van der Waals surface area (Å²) in [4.78, 5) is 0. The Labute approximate surface area is 120 Å². The highest BCUT2D eigenvalue weighted by molar-refractivity contribution is 7.80. The number of aromatic nitrogens is 1. The zero-order valence-electron chi connectivity index (χ0n) is 11.6. The first-order valence-corrected chi connectivity index (χ1v) is 7.27. The van der Waals surface area contributed by atoms with Crippen molar-refractivity contribution < 1.29 is 0 Å². The van der Waals surface area contributed by atoms with E-state index in [1.54, 1.807) is 6.21 Å². The molecule has 0 bridgehead atoms. The molecule has 1 aliphatic carbocycles. The van der Waals surface area contributed by atoms with Gasteiger partial charge >= 0.3 is 0 Å². The molecule has 1 heterocycles. The zero-order valence-corrected chi connectivity index (χ0v) is 12.5. The van der Waals surface area contributed by atoms with Crippen molar-refractivity contribution in [3.05, 3.63) is 23.0 Å². The monoisotopic (exact) mass is 278 g/mol. The Morgan fingerprint density at radius 3 is 2.74 bits per heavy atom. The van der Waals surface area contributed by atoms with Gasteiger partial charge in [0.1, 0.15) is 0 Å². The van der Waals surface area contributed by atoms with Crippen molar-refractivity contribution >= 4 is 23.5 Å². The van der Waals surface area contributed by atoms with Crippen molar-refractivity contribution in [1.29, 1.82) is 0 Å². The number of rotatable bonds is 3. The molecule has 4 nitrogen and oxygen atoms in total. The predicted molar refractivity (Wildman–Crippen MR) is 83.5 cm³/mol. The summed E-state index contributed by atoms with van der Waals surface area (Å²) in [5.74, 6) is 0. The lowest BCUT2D eigenvalue weighted by molar-refractivity contribution is 0.346. The molecule has 1 aromatic rings. The highest BCUT2D eigenvalue weighted by Crippen LogP contribution is 2.31. The van der Waals surface area contributed by atoms with E-state index < -0.39 is 0 Å². The Balaban J connectivity index is 2.18. The molecular formula is C14H22N4S. The molecule has 2 rings (SSSR count). The summed E-state index contributed by atoms with van der Waals surface area (Å²) in [6.07, 6.45) is 8.43. The second-order valence-corrected chi connectivity index (χ2v) is 5.66. The van der Waals surface area contributed by atoms with Crippen LogP contribution in [0.5, 0.6) is 0 Å². The molecule has 5 heteroatoms. The number of nitrogens with one attached hydrogen (secondary N) is 1. The van der Waals surface area contributed by atoms with Gasteiger partial charge in [0.2, 0.25) is 0 Å². The predicted octanol–water partition coefficient (Wildman–Crippen LogP) is 2.78. The van der Waals surface area contributed by atoms with Gasteiger partial charge in [-0.15, -0.1) is 0 Å². The summed E-state index contributed by atoms with van der Waals surface area (Å²) >= 11 is 4.72. The average Bonchev–Trinajstić information content (AvgIpc) is 2.65. The van der Waals surface area contributed by atoms with Crippen molar-refractivity contribution in [2.24, 2.45) is 10.8 Å². The van der Waals surface area contributed by atoms with Gasteiger partial charge in [0.05, 0.1) is 6.21 Å². The van der Waals surface area contributed by atoms with E-state index in [0.717, 1.165) is 5.56 Å². The van der Waals surface area contributed by atoms with Crippen LogP contribution in [0.1, 0.15) is 55.1 Å². The van der Waals surface area contributed by atoms with Gasteiger partial charge in [-0.3, -0.25) is 5.43 Å². The van der Waals surface area contributed by atoms with Crippen LogP contribution in [0.15, 0.2) is 11.2 Å². The summed E-state index contributed by atoms with van der Waals surface area (Å²) in [5.41, 5.74) is 11.7. The number of thiocarbonyl (C=S) groups is 1. The molecule has 0 atom stereocenters. The third-order valence-corrected chi connectivity index (χ3v) is 3.93. The lowest BCUT2D eigenvalue weighted by atomic mass is 9.95. The van der Waals surface area contributed by atoms with Gasteiger partial charge in [-0.2, -0.15) is 5.10 Å². The smallest absolute Gasteiger partial charge is 0.184 e. The SMILES string of the molecule is Cc1cc(C=NNC(N)=S)c(C)n1C1CCCCC1. The standard InChI is InChI=1S/C14H22N4S/c1-10-8-12(9-16-17-14(15)19)11(2)18(10)13-6-4-3-5-7-13/h8-9,13H,3-7H2,1-2H3,(H3,15,17,19). The van der Waals surface area contributed by atoms with E-state index >= 15 is 0 Å². The van der Waals surface area contributed by atoms with Crippen LogP contribution in [0.2, 0.25) is 0 Å². The fraction of sp³-hybridized carbons (Fsp3) is 0.571. The van der Waals surface area contributed by atoms with E-state index in [0.29, 0.717) is 6.04 Å². The Hall–Kier alpha value is -1.36. The first-order chi connectivity index (χ1) is 9.09. The van der Waals surface area contributed by atoms with Crippen molar-refractivity contribution in [2.45, 2.75) is 52.0 Å². The maximum atomic E-state index is 5.35. The zero-order chi connectivity index (χ0) is 13.8. The second kappa shape index (κ2) is 6.19. The molecule has 3 N–H and O–H groups in total. The van der Waals surface area contributed by atoms with Crippen molar-refractivity contribution in [2.75, 3.05) is 0 Å². The van der Waals surface area contributed by atoms with Gasteiger partial charge in [-0.1, -0.05) is 19.3 Å². The van der Waals surface area contributed by atoms with Crippen molar-refractivity contribution in [3.63, 3.8) is 0 Å². The first kappa shape index (κ1) is 14.1. The van der Waals surface area contributed by atoms with Gasteiger partial charge in [0, 0.05) is 23.0 Å². The molecule has 0 aliphatic heterocycles. The summed E-state index contributed by atoms with van der Waals surface area (Å²) in [6.45, 7) is 4.32. The van der Waals surface area contributed by atoms with E-state index in [2.05, 4.69) is 35.0 Å². The summed E-state index contributed by atoms with van der Waals surface area (Å²) in [7, 11) is 0. The number of hydrogen-bond donors (Lipinski definition) is 2. The topological polar surface area (TPSA) is 55.3 Å². The molecule has 0 spiro atoms. The highest BCUT2D eigenvalue weighted by atomic mass is 32.1. The molecule has 1 fully saturated rings. The number of nitrogens with zero attached hydrogens (tertiary/aromatic N) is 2. The minimum atomic E-state index is 0.192. The minimum Gasteiger partial charge on any atom is -0.375 e. The Morgan fingerprint density at radius 2 is 2.11 bits per heavy atom. The van der Waals surface area contributed by atoms with Crippen LogP contribution < -0.4 is 11.2 Å². The Kier molecular flexibility index (Phi) is 4.58. The maximum absolute atomic E-state index is 5.35. The second-order valence-electron chi connectivity index (χ2n) is 5.22. The molecule has 19 heavy (non-hydrogen) atoms. The molecular weight excluding hydrogens is 256 g/mol. The number of aryl methyl sites for hydroxylation is 1.